The largest absolute Gasteiger partial charge is 0.442 e. The number of hydrogen-bond acceptors (Lipinski definition) is 2. The normalized spacial score (nSPS) is 19.4. The molecular weight excluding hydrogens is 390 g/mol. The van der Waals surface area contributed by atoms with Gasteiger partial charge in [-0.3, -0.25) is 0 Å². The van der Waals surface area contributed by atoms with E-state index >= 15 is 0 Å². The number of hydrogen-bond donors (Lipinski definition) is 0. The summed E-state index contributed by atoms with van der Waals surface area (Å²) >= 11 is 0. The molecule has 0 fully saturated rings. The van der Waals surface area contributed by atoms with E-state index in [0.717, 1.165) is 29.0 Å². The molecule has 1 aliphatic carbocycles. The second-order valence-corrected chi connectivity index (χ2v) is 9.06. The van der Waals surface area contributed by atoms with Crippen molar-refractivity contribution >= 4 is 38.0 Å². The Morgan fingerprint density at radius 1 is 0.750 bits per heavy atom. The summed E-state index contributed by atoms with van der Waals surface area (Å²) in [7, 11) is 0. The van der Waals surface area contributed by atoms with Crippen molar-refractivity contribution in [3.63, 3.8) is 0 Å². The predicted molar refractivity (Wildman–Crippen MR) is 132 cm³/mol. The molecule has 2 nitrogen and oxygen atoms in total. The summed E-state index contributed by atoms with van der Waals surface area (Å²) in [5.41, 5.74) is 4.57. The van der Waals surface area contributed by atoms with E-state index in [4.69, 9.17) is 9.72 Å². The number of benzene rings is 4. The smallest absolute Gasteiger partial charge is 0.223 e. The average molecular weight is 412 g/mol. The van der Waals surface area contributed by atoms with E-state index < -0.39 is 0 Å². The second-order valence-electron chi connectivity index (χ2n) is 9.06. The molecule has 1 aliphatic heterocycles. The van der Waals surface area contributed by atoms with Crippen LogP contribution in [-0.4, -0.2) is 4.98 Å². The molecule has 2 heteroatoms. The fourth-order valence-electron chi connectivity index (χ4n) is 5.44. The van der Waals surface area contributed by atoms with Gasteiger partial charge in [-0.25, -0.2) is 4.98 Å². The van der Waals surface area contributed by atoms with Crippen LogP contribution in [0.1, 0.15) is 24.5 Å². The summed E-state index contributed by atoms with van der Waals surface area (Å²) in [6, 6.07) is 30.3. The van der Waals surface area contributed by atoms with Crippen LogP contribution >= 0.6 is 0 Å². The molecule has 1 aromatic heterocycles. The summed E-state index contributed by atoms with van der Waals surface area (Å²) < 4.78 is 6.27. The Labute approximate surface area is 186 Å². The highest BCUT2D eigenvalue weighted by Gasteiger charge is 2.44. The zero-order valence-corrected chi connectivity index (χ0v) is 17.8. The molecule has 0 saturated carbocycles. The highest BCUT2D eigenvalue weighted by Crippen LogP contribution is 2.52. The van der Waals surface area contributed by atoms with E-state index in [2.05, 4.69) is 91.9 Å². The highest BCUT2D eigenvalue weighted by atomic mass is 16.5. The van der Waals surface area contributed by atoms with Crippen molar-refractivity contribution in [2.45, 2.75) is 18.8 Å². The van der Waals surface area contributed by atoms with Gasteiger partial charge in [0.1, 0.15) is 5.76 Å². The van der Waals surface area contributed by atoms with Gasteiger partial charge in [-0.2, -0.15) is 0 Å². The maximum Gasteiger partial charge on any atom is 0.223 e. The van der Waals surface area contributed by atoms with Crippen molar-refractivity contribution in [1.82, 2.24) is 4.98 Å². The first-order valence-corrected chi connectivity index (χ1v) is 11.1. The van der Waals surface area contributed by atoms with Crippen molar-refractivity contribution in [3.8, 4) is 5.88 Å². The molecule has 152 valence electrons. The fourth-order valence-corrected chi connectivity index (χ4v) is 5.44. The fraction of sp³-hybridized carbons (Fsp3) is 0.100. The minimum absolute atomic E-state index is 0.219. The molecule has 0 bridgehead atoms. The van der Waals surface area contributed by atoms with E-state index in [-0.39, 0.29) is 5.41 Å². The van der Waals surface area contributed by atoms with Gasteiger partial charge in [0.15, 0.2) is 0 Å². The SMILES string of the molecule is C[C@@]12CC(c3cc4ccccc4c4ccccc34)=CC=C1Oc1nc3ccccc3cc12. The molecule has 2 aliphatic rings. The summed E-state index contributed by atoms with van der Waals surface area (Å²) in [5.74, 6) is 1.74. The summed E-state index contributed by atoms with van der Waals surface area (Å²) in [6.07, 6.45) is 5.27. The Hall–Kier alpha value is -3.91. The number of para-hydroxylation sites is 1. The monoisotopic (exact) mass is 411 g/mol. The summed E-state index contributed by atoms with van der Waals surface area (Å²) in [5, 5.41) is 6.34. The van der Waals surface area contributed by atoms with E-state index in [1.54, 1.807) is 0 Å². The Balaban J connectivity index is 1.42. The maximum absolute atomic E-state index is 6.27. The lowest BCUT2D eigenvalue weighted by molar-refractivity contribution is 0.372. The van der Waals surface area contributed by atoms with E-state index in [1.165, 1.54) is 38.2 Å². The first kappa shape index (κ1) is 17.7. The van der Waals surface area contributed by atoms with Gasteiger partial charge in [0.25, 0.3) is 0 Å². The van der Waals surface area contributed by atoms with Crippen LogP contribution in [0, 0.1) is 0 Å². The molecule has 0 amide bonds. The van der Waals surface area contributed by atoms with Gasteiger partial charge in [0.05, 0.1) is 10.9 Å². The molecule has 32 heavy (non-hydrogen) atoms. The standard InChI is InChI=1S/C30H21NO/c1-30-18-21(25-16-19-8-2-4-10-22(19)23-11-5-6-12-24(23)25)14-15-28(30)32-29-26(30)17-20-9-3-7-13-27(20)31-29/h2-17H,18H2,1H3/t30-/m0/s1. The zero-order valence-electron chi connectivity index (χ0n) is 17.8. The molecule has 0 unspecified atom stereocenters. The lowest BCUT2D eigenvalue weighted by atomic mass is 9.72. The van der Waals surface area contributed by atoms with Gasteiger partial charge in [-0.15, -0.1) is 0 Å². The lowest BCUT2D eigenvalue weighted by Gasteiger charge is -2.29. The Morgan fingerprint density at radius 2 is 1.47 bits per heavy atom. The molecular formula is C30H21NO. The molecule has 2 heterocycles. The van der Waals surface area contributed by atoms with Crippen molar-refractivity contribution < 1.29 is 4.74 Å². The van der Waals surface area contributed by atoms with Crippen LogP contribution in [0.5, 0.6) is 5.88 Å². The van der Waals surface area contributed by atoms with E-state index in [1.807, 2.05) is 12.1 Å². The number of rotatable bonds is 1. The van der Waals surface area contributed by atoms with E-state index in [9.17, 15) is 0 Å². The number of allylic oxidation sites excluding steroid dienone is 4. The topological polar surface area (TPSA) is 22.1 Å². The highest BCUT2D eigenvalue weighted by molar-refractivity contribution is 6.12. The molecule has 0 radical (unpaired) electrons. The third-order valence-electron chi connectivity index (χ3n) is 7.13. The molecule has 7 rings (SSSR count). The van der Waals surface area contributed by atoms with Crippen LogP contribution in [0.2, 0.25) is 0 Å². The minimum Gasteiger partial charge on any atom is -0.442 e. The maximum atomic E-state index is 6.27. The van der Waals surface area contributed by atoms with Crippen molar-refractivity contribution in [3.05, 3.63) is 114 Å². The average Bonchev–Trinajstić information content (AvgIpc) is 3.12. The first-order chi connectivity index (χ1) is 15.7. The van der Waals surface area contributed by atoms with Crippen LogP contribution in [0.25, 0.3) is 38.0 Å². The molecule has 5 aromatic rings. The Bertz CT molecular complexity index is 1640. The Kier molecular flexibility index (Phi) is 3.49. The van der Waals surface area contributed by atoms with Crippen LogP contribution in [0.3, 0.4) is 0 Å². The quantitative estimate of drug-likeness (QED) is 0.266. The van der Waals surface area contributed by atoms with Crippen LogP contribution < -0.4 is 4.74 Å². The number of ether oxygens (including phenoxy) is 1. The summed E-state index contributed by atoms with van der Waals surface area (Å²) in [6.45, 7) is 2.29. The van der Waals surface area contributed by atoms with Crippen LogP contribution in [0.4, 0.5) is 0 Å². The molecule has 0 N–H and O–H groups in total. The Morgan fingerprint density at radius 3 is 2.34 bits per heavy atom. The van der Waals surface area contributed by atoms with Crippen LogP contribution in [0.15, 0.2) is 103 Å². The van der Waals surface area contributed by atoms with Crippen molar-refractivity contribution in [2.24, 2.45) is 0 Å². The van der Waals surface area contributed by atoms with Gasteiger partial charge in [-0.1, -0.05) is 72.8 Å². The lowest BCUT2D eigenvalue weighted by Crippen LogP contribution is -2.24. The van der Waals surface area contributed by atoms with Crippen molar-refractivity contribution in [2.75, 3.05) is 0 Å². The molecule has 0 spiro atoms. The van der Waals surface area contributed by atoms with Crippen LogP contribution in [-0.2, 0) is 5.41 Å². The predicted octanol–water partition coefficient (Wildman–Crippen LogP) is 7.56. The van der Waals surface area contributed by atoms with Gasteiger partial charge >= 0.3 is 0 Å². The molecule has 4 aromatic carbocycles. The number of fused-ring (bicyclic) bond motifs is 7. The minimum atomic E-state index is -0.219. The molecule has 1 atom stereocenters. The van der Waals surface area contributed by atoms with Gasteiger partial charge in [0, 0.05) is 10.9 Å². The summed E-state index contributed by atoms with van der Waals surface area (Å²) in [4.78, 5) is 4.83. The first-order valence-electron chi connectivity index (χ1n) is 11.1. The third-order valence-corrected chi connectivity index (χ3v) is 7.13. The van der Waals surface area contributed by atoms with Gasteiger partial charge in [0.2, 0.25) is 5.88 Å². The molecule has 0 saturated heterocycles. The number of pyridine rings is 1. The zero-order chi connectivity index (χ0) is 21.3. The van der Waals surface area contributed by atoms with Crippen molar-refractivity contribution in [1.29, 1.82) is 0 Å². The number of aromatic nitrogens is 1. The third kappa shape index (κ3) is 2.38. The van der Waals surface area contributed by atoms with Gasteiger partial charge < -0.3 is 4.74 Å². The van der Waals surface area contributed by atoms with E-state index in [0.29, 0.717) is 0 Å². The second kappa shape index (κ2) is 6.30. The van der Waals surface area contributed by atoms with Gasteiger partial charge in [-0.05, 0) is 70.3 Å². The number of nitrogens with zero attached hydrogens (tertiary/aromatic N) is 1.